The van der Waals surface area contributed by atoms with Crippen molar-refractivity contribution in [1.82, 2.24) is 15.3 Å². The Balaban J connectivity index is 1.55. The summed E-state index contributed by atoms with van der Waals surface area (Å²) < 4.78 is 15.9. The zero-order valence-corrected chi connectivity index (χ0v) is 17.3. The number of aromatic nitrogens is 2. The standard InChI is InChI=1S/C24H17FN4OS/c1-26-24(30)15-2-5-17(19(25)11-15)14-3-6-20-18(10-14)21(8-9-27-20)29-16-4-7-23-22(12-16)28-13-31-23/h2-13H,1H3,(H,26,30)(H,27,29). The van der Waals surface area contributed by atoms with Crippen LogP contribution in [0.15, 0.2) is 72.4 Å². The molecule has 2 aromatic heterocycles. The molecule has 0 radical (unpaired) electrons. The lowest BCUT2D eigenvalue weighted by atomic mass is 10.0. The Morgan fingerprint density at radius 2 is 1.87 bits per heavy atom. The maximum Gasteiger partial charge on any atom is 0.251 e. The summed E-state index contributed by atoms with van der Waals surface area (Å²) in [4.78, 5) is 20.6. The van der Waals surface area contributed by atoms with Crippen LogP contribution in [0.2, 0.25) is 0 Å². The largest absolute Gasteiger partial charge is 0.355 e. The van der Waals surface area contributed by atoms with E-state index in [1.54, 1.807) is 29.7 Å². The molecule has 0 atom stereocenters. The second-order valence-electron chi connectivity index (χ2n) is 7.02. The highest BCUT2D eigenvalue weighted by Crippen LogP contribution is 2.32. The predicted molar refractivity (Wildman–Crippen MR) is 123 cm³/mol. The number of hydrogen-bond acceptors (Lipinski definition) is 5. The van der Waals surface area contributed by atoms with Gasteiger partial charge in [0.15, 0.2) is 0 Å². The van der Waals surface area contributed by atoms with E-state index in [0.717, 1.165) is 32.5 Å². The average molecular weight is 428 g/mol. The molecule has 0 bridgehead atoms. The van der Waals surface area contributed by atoms with Gasteiger partial charge < -0.3 is 10.6 Å². The highest BCUT2D eigenvalue weighted by atomic mass is 32.1. The number of carbonyl (C=O) groups excluding carboxylic acids is 1. The number of amides is 1. The van der Waals surface area contributed by atoms with Gasteiger partial charge in [-0.2, -0.15) is 0 Å². The third-order valence-corrected chi connectivity index (χ3v) is 5.93. The number of hydrogen-bond donors (Lipinski definition) is 2. The van der Waals surface area contributed by atoms with Gasteiger partial charge >= 0.3 is 0 Å². The molecular weight excluding hydrogens is 411 g/mol. The third-order valence-electron chi connectivity index (χ3n) is 5.12. The quantitative estimate of drug-likeness (QED) is 0.382. The second-order valence-corrected chi connectivity index (χ2v) is 7.91. The fourth-order valence-corrected chi connectivity index (χ4v) is 4.21. The van der Waals surface area contributed by atoms with Crippen LogP contribution in [0.25, 0.3) is 32.2 Å². The van der Waals surface area contributed by atoms with Crippen molar-refractivity contribution in [1.29, 1.82) is 0 Å². The first-order valence-electron chi connectivity index (χ1n) is 9.63. The maximum absolute atomic E-state index is 14.8. The van der Waals surface area contributed by atoms with Crippen LogP contribution in [-0.4, -0.2) is 22.9 Å². The number of nitrogens with zero attached hydrogens (tertiary/aromatic N) is 2. The molecule has 0 fully saturated rings. The molecule has 0 unspecified atom stereocenters. The first-order valence-corrected chi connectivity index (χ1v) is 10.5. The van der Waals surface area contributed by atoms with E-state index in [9.17, 15) is 9.18 Å². The van der Waals surface area contributed by atoms with Gasteiger partial charge in [-0.25, -0.2) is 9.37 Å². The number of rotatable bonds is 4. The number of anilines is 2. The van der Waals surface area contributed by atoms with Gasteiger partial charge in [0.25, 0.3) is 5.91 Å². The number of halogens is 1. The fraction of sp³-hybridized carbons (Fsp3) is 0.0417. The third kappa shape index (κ3) is 3.60. The molecule has 7 heteroatoms. The molecule has 5 aromatic rings. The summed E-state index contributed by atoms with van der Waals surface area (Å²) in [7, 11) is 1.52. The van der Waals surface area contributed by atoms with Crippen molar-refractivity contribution >= 4 is 49.7 Å². The van der Waals surface area contributed by atoms with Crippen LogP contribution < -0.4 is 10.6 Å². The highest BCUT2D eigenvalue weighted by molar-refractivity contribution is 7.16. The first kappa shape index (κ1) is 19.1. The summed E-state index contributed by atoms with van der Waals surface area (Å²) in [5.74, 6) is -0.774. The van der Waals surface area contributed by atoms with Gasteiger partial charge in [-0.15, -0.1) is 11.3 Å². The summed E-state index contributed by atoms with van der Waals surface area (Å²) in [6.07, 6.45) is 1.74. The number of fused-ring (bicyclic) bond motifs is 2. The van der Waals surface area contributed by atoms with Gasteiger partial charge in [0.1, 0.15) is 5.82 Å². The Kier molecular flexibility index (Phi) is 4.80. The summed E-state index contributed by atoms with van der Waals surface area (Å²) in [6, 6.07) is 18.0. The molecule has 3 aromatic carbocycles. The Labute approximate surface area is 181 Å². The minimum Gasteiger partial charge on any atom is -0.355 e. The van der Waals surface area contributed by atoms with Crippen LogP contribution in [0, 0.1) is 5.82 Å². The summed E-state index contributed by atoms with van der Waals surface area (Å²) in [5.41, 5.74) is 6.75. The van der Waals surface area contributed by atoms with Crippen molar-refractivity contribution in [3.8, 4) is 11.1 Å². The predicted octanol–water partition coefficient (Wildman–Crippen LogP) is 5.75. The number of nitrogens with one attached hydrogen (secondary N) is 2. The number of carbonyl (C=O) groups is 1. The van der Waals surface area contributed by atoms with Crippen molar-refractivity contribution in [2.75, 3.05) is 12.4 Å². The molecule has 2 N–H and O–H groups in total. The average Bonchev–Trinajstić information content (AvgIpc) is 3.26. The molecule has 0 spiro atoms. The molecule has 5 nitrogen and oxygen atoms in total. The van der Waals surface area contributed by atoms with E-state index in [1.165, 1.54) is 13.1 Å². The van der Waals surface area contributed by atoms with Crippen molar-refractivity contribution < 1.29 is 9.18 Å². The first-order chi connectivity index (χ1) is 15.1. The summed E-state index contributed by atoms with van der Waals surface area (Å²) >= 11 is 1.60. The van der Waals surface area contributed by atoms with Crippen molar-refractivity contribution in [3.63, 3.8) is 0 Å². The van der Waals surface area contributed by atoms with Gasteiger partial charge in [-0.3, -0.25) is 9.78 Å². The van der Waals surface area contributed by atoms with E-state index >= 15 is 0 Å². The molecule has 0 saturated carbocycles. The number of pyridine rings is 1. The molecular formula is C24H17FN4OS. The molecule has 5 rings (SSSR count). The minimum absolute atomic E-state index is 0.283. The fourth-order valence-electron chi connectivity index (χ4n) is 3.55. The van der Waals surface area contributed by atoms with E-state index in [-0.39, 0.29) is 11.5 Å². The number of thiazole rings is 1. The topological polar surface area (TPSA) is 66.9 Å². The molecule has 0 aliphatic rings. The molecule has 0 saturated heterocycles. The molecule has 152 valence electrons. The zero-order valence-electron chi connectivity index (χ0n) is 16.5. The Hall–Kier alpha value is -3.84. The number of benzene rings is 3. The molecule has 2 heterocycles. The van der Waals surface area contributed by atoms with Crippen molar-refractivity contribution in [3.05, 3.63) is 83.8 Å². The van der Waals surface area contributed by atoms with E-state index < -0.39 is 5.82 Å². The molecule has 31 heavy (non-hydrogen) atoms. The second kappa shape index (κ2) is 7.77. The van der Waals surface area contributed by atoms with Crippen molar-refractivity contribution in [2.24, 2.45) is 0 Å². The van der Waals surface area contributed by atoms with Crippen LogP contribution in [-0.2, 0) is 0 Å². The monoisotopic (exact) mass is 428 g/mol. The van der Waals surface area contributed by atoms with E-state index in [2.05, 4.69) is 20.6 Å². The van der Waals surface area contributed by atoms with Crippen LogP contribution >= 0.6 is 11.3 Å². The Morgan fingerprint density at radius 1 is 0.968 bits per heavy atom. The SMILES string of the molecule is CNC(=O)c1ccc(-c2ccc3nccc(Nc4ccc5scnc5c4)c3c2)c(F)c1. The Bertz CT molecular complexity index is 1450. The van der Waals surface area contributed by atoms with E-state index in [4.69, 9.17) is 0 Å². The van der Waals surface area contributed by atoms with E-state index in [1.807, 2.05) is 48.0 Å². The van der Waals surface area contributed by atoms with Gasteiger partial charge in [0.05, 0.1) is 21.2 Å². The normalized spacial score (nSPS) is 11.0. The van der Waals surface area contributed by atoms with Crippen LogP contribution in [0.5, 0.6) is 0 Å². The lowest BCUT2D eigenvalue weighted by Gasteiger charge is -2.12. The molecule has 1 amide bonds. The maximum atomic E-state index is 14.8. The lowest BCUT2D eigenvalue weighted by Crippen LogP contribution is -2.17. The van der Waals surface area contributed by atoms with Crippen LogP contribution in [0.3, 0.4) is 0 Å². The highest BCUT2D eigenvalue weighted by Gasteiger charge is 2.12. The Morgan fingerprint density at radius 3 is 2.71 bits per heavy atom. The van der Waals surface area contributed by atoms with Crippen LogP contribution in [0.1, 0.15) is 10.4 Å². The van der Waals surface area contributed by atoms with Crippen LogP contribution in [0.4, 0.5) is 15.8 Å². The summed E-state index contributed by atoms with van der Waals surface area (Å²) in [5, 5.41) is 6.81. The van der Waals surface area contributed by atoms with Gasteiger partial charge in [0, 0.05) is 41.1 Å². The van der Waals surface area contributed by atoms with Gasteiger partial charge in [0.2, 0.25) is 0 Å². The lowest BCUT2D eigenvalue weighted by molar-refractivity contribution is 0.0962. The summed E-state index contributed by atoms with van der Waals surface area (Å²) in [6.45, 7) is 0. The zero-order chi connectivity index (χ0) is 21.4. The van der Waals surface area contributed by atoms with E-state index in [0.29, 0.717) is 11.1 Å². The van der Waals surface area contributed by atoms with Crippen molar-refractivity contribution in [2.45, 2.75) is 0 Å². The minimum atomic E-state index is -0.451. The smallest absolute Gasteiger partial charge is 0.251 e. The molecule has 0 aliphatic heterocycles. The van der Waals surface area contributed by atoms with Gasteiger partial charge in [-0.05, 0) is 54.1 Å². The van der Waals surface area contributed by atoms with Gasteiger partial charge in [-0.1, -0.05) is 12.1 Å². The molecule has 0 aliphatic carbocycles.